The maximum absolute atomic E-state index is 11.2. The fraction of sp³-hybridized carbons (Fsp3) is 0.385. The van der Waals surface area contributed by atoms with E-state index in [9.17, 15) is 9.35 Å². The summed E-state index contributed by atoms with van der Waals surface area (Å²) < 4.78 is 16.3. The molecule has 0 fully saturated rings. The van der Waals surface area contributed by atoms with Crippen LogP contribution in [0.5, 0.6) is 5.75 Å². The number of carboxylic acid groups (broad SMARTS) is 1. The molecule has 124 valence electrons. The second-order valence-electron chi connectivity index (χ2n) is 4.78. The van der Waals surface area contributed by atoms with E-state index in [-0.39, 0.29) is 11.7 Å². The van der Waals surface area contributed by atoms with E-state index in [4.69, 9.17) is 9.84 Å². The number of hydrogen-bond donors (Lipinski definition) is 2. The fourth-order valence-corrected chi connectivity index (χ4v) is 2.40. The van der Waals surface area contributed by atoms with Crippen LogP contribution in [0.25, 0.3) is 0 Å². The molecule has 9 nitrogen and oxygen atoms in total. The Labute approximate surface area is 135 Å². The number of tetrazole rings is 1. The van der Waals surface area contributed by atoms with Gasteiger partial charge in [-0.3, -0.25) is 0 Å². The van der Waals surface area contributed by atoms with Crippen molar-refractivity contribution in [3.63, 3.8) is 0 Å². The summed E-state index contributed by atoms with van der Waals surface area (Å²) in [5.74, 6) is 1.05. The van der Waals surface area contributed by atoms with Crippen molar-refractivity contribution >= 4 is 17.3 Å². The Bertz CT molecular complexity index is 646. The van der Waals surface area contributed by atoms with Gasteiger partial charge in [0.2, 0.25) is 5.88 Å². The van der Waals surface area contributed by atoms with Gasteiger partial charge in [0.25, 0.3) is 0 Å². The Kier molecular flexibility index (Phi) is 5.77. The molecule has 1 aromatic heterocycles. The third-order valence-electron chi connectivity index (χ3n) is 2.97. The molecule has 2 aromatic rings. The molecule has 0 spiro atoms. The molecule has 0 radical (unpaired) electrons. The van der Waals surface area contributed by atoms with Gasteiger partial charge in [0.1, 0.15) is 11.8 Å². The van der Waals surface area contributed by atoms with Gasteiger partial charge in [0.05, 0.1) is 13.4 Å². The van der Waals surface area contributed by atoms with Crippen LogP contribution in [0, 0.1) is 0 Å². The predicted octanol–water partition coefficient (Wildman–Crippen LogP) is 0.569. The molecule has 0 bridgehead atoms. The molecule has 10 heteroatoms. The number of nitrogens with zero attached hydrogens (tertiary/aromatic N) is 4. The first-order chi connectivity index (χ1) is 11.0. The molecular formula is C13H17N5O4S. The normalized spacial score (nSPS) is 13.3. The van der Waals surface area contributed by atoms with Gasteiger partial charge < -0.3 is 19.7 Å². The summed E-state index contributed by atoms with van der Waals surface area (Å²) in [6.07, 6.45) is 0.698. The molecule has 0 aliphatic heterocycles. The van der Waals surface area contributed by atoms with Crippen LogP contribution in [0.15, 0.2) is 24.3 Å². The van der Waals surface area contributed by atoms with Crippen LogP contribution in [0.1, 0.15) is 17.4 Å². The van der Waals surface area contributed by atoms with Gasteiger partial charge in [0, 0.05) is 6.42 Å². The van der Waals surface area contributed by atoms with Gasteiger partial charge in [-0.25, -0.2) is 4.79 Å². The number of benzene rings is 1. The van der Waals surface area contributed by atoms with Crippen LogP contribution in [-0.2, 0) is 23.5 Å². The zero-order chi connectivity index (χ0) is 16.8. The predicted molar refractivity (Wildman–Crippen MR) is 82.5 cm³/mol. The Hall–Kier alpha value is -2.33. The third-order valence-corrected chi connectivity index (χ3v) is 3.57. The Morgan fingerprint density at radius 3 is 2.74 bits per heavy atom. The number of ether oxygens (including phenoxy) is 1. The summed E-state index contributed by atoms with van der Waals surface area (Å²) >= 11 is -1.12. The van der Waals surface area contributed by atoms with Gasteiger partial charge in [-0.05, 0) is 34.1 Å². The second kappa shape index (κ2) is 7.79. The van der Waals surface area contributed by atoms with E-state index < -0.39 is 23.3 Å². The average Bonchev–Trinajstić information content (AvgIpc) is 2.94. The van der Waals surface area contributed by atoms with Crippen molar-refractivity contribution < 1.29 is 19.2 Å². The summed E-state index contributed by atoms with van der Waals surface area (Å²) in [6.45, 7) is 0. The zero-order valence-corrected chi connectivity index (χ0v) is 13.5. The Balaban J connectivity index is 2.15. The van der Waals surface area contributed by atoms with Crippen molar-refractivity contribution in [2.24, 2.45) is 0 Å². The third kappa shape index (κ3) is 5.11. The SMILES string of the molecule is COc1ccc(CC(NC(=O)O)c2nnn(C[S+](C)[O-])n2)cc1. The first-order valence-electron chi connectivity index (χ1n) is 6.68. The number of rotatable bonds is 7. The van der Waals surface area contributed by atoms with Gasteiger partial charge in [0.15, 0.2) is 5.82 Å². The zero-order valence-electron chi connectivity index (χ0n) is 12.7. The average molecular weight is 339 g/mol. The minimum absolute atomic E-state index is 0.106. The monoisotopic (exact) mass is 339 g/mol. The summed E-state index contributed by atoms with van der Waals surface area (Å²) in [5.41, 5.74) is 0.889. The molecule has 1 amide bonds. The van der Waals surface area contributed by atoms with E-state index in [1.807, 2.05) is 12.1 Å². The first kappa shape index (κ1) is 17.0. The Morgan fingerprint density at radius 2 is 2.17 bits per heavy atom. The lowest BCUT2D eigenvalue weighted by Crippen LogP contribution is -2.29. The molecule has 2 unspecified atom stereocenters. The molecule has 0 aliphatic carbocycles. The quantitative estimate of drug-likeness (QED) is 0.706. The van der Waals surface area contributed by atoms with Crippen molar-refractivity contribution in [2.75, 3.05) is 13.4 Å². The summed E-state index contributed by atoms with van der Waals surface area (Å²) in [7, 11) is 1.57. The molecule has 2 atom stereocenters. The van der Waals surface area contributed by atoms with Crippen LogP contribution in [-0.4, -0.2) is 49.3 Å². The fourth-order valence-electron chi connectivity index (χ4n) is 1.97. The maximum Gasteiger partial charge on any atom is 0.405 e. The van der Waals surface area contributed by atoms with Crippen LogP contribution >= 0.6 is 0 Å². The van der Waals surface area contributed by atoms with E-state index in [1.165, 1.54) is 11.1 Å². The number of aromatic nitrogens is 4. The molecule has 1 heterocycles. The number of carbonyl (C=O) groups is 1. The molecule has 23 heavy (non-hydrogen) atoms. The number of methoxy groups -OCH3 is 1. The van der Waals surface area contributed by atoms with Crippen molar-refractivity contribution in [2.45, 2.75) is 18.3 Å². The van der Waals surface area contributed by atoms with Gasteiger partial charge >= 0.3 is 6.09 Å². The van der Waals surface area contributed by atoms with Crippen LogP contribution in [0.2, 0.25) is 0 Å². The lowest BCUT2D eigenvalue weighted by atomic mass is 10.1. The van der Waals surface area contributed by atoms with Crippen molar-refractivity contribution in [1.29, 1.82) is 0 Å². The summed E-state index contributed by atoms with van der Waals surface area (Å²) in [4.78, 5) is 12.2. The lowest BCUT2D eigenvalue weighted by molar-refractivity contribution is 0.189. The standard InChI is InChI=1S/C13H17N5O4S/c1-22-10-5-3-9(4-6-10)7-11(14-13(19)20)12-15-17-18(16-12)8-23(2)21/h3-6,11,14H,7-8H2,1-2H3,(H,19,20). The van der Waals surface area contributed by atoms with Gasteiger partial charge in [-0.2, -0.15) is 0 Å². The molecule has 0 aliphatic rings. The van der Waals surface area contributed by atoms with Crippen LogP contribution < -0.4 is 10.1 Å². The minimum Gasteiger partial charge on any atom is -0.615 e. The van der Waals surface area contributed by atoms with Crippen molar-refractivity contribution in [3.8, 4) is 5.75 Å². The maximum atomic E-state index is 11.2. The molecule has 2 rings (SSSR count). The molecular weight excluding hydrogens is 322 g/mol. The second-order valence-corrected chi connectivity index (χ2v) is 6.18. The van der Waals surface area contributed by atoms with Gasteiger partial charge in [-0.1, -0.05) is 12.1 Å². The number of hydrogen-bond acceptors (Lipinski definition) is 6. The number of nitrogens with one attached hydrogen (secondary N) is 1. The van der Waals surface area contributed by atoms with E-state index in [0.29, 0.717) is 12.2 Å². The van der Waals surface area contributed by atoms with Crippen LogP contribution in [0.3, 0.4) is 0 Å². The highest BCUT2D eigenvalue weighted by molar-refractivity contribution is 7.89. The highest BCUT2D eigenvalue weighted by atomic mass is 32.2. The molecule has 2 N–H and O–H groups in total. The summed E-state index contributed by atoms with van der Waals surface area (Å²) in [5, 5.41) is 23.1. The van der Waals surface area contributed by atoms with E-state index in [0.717, 1.165) is 5.56 Å². The van der Waals surface area contributed by atoms with E-state index in [1.54, 1.807) is 19.2 Å². The van der Waals surface area contributed by atoms with E-state index >= 15 is 0 Å². The largest absolute Gasteiger partial charge is 0.615 e. The molecule has 0 saturated carbocycles. The first-order valence-corrected chi connectivity index (χ1v) is 8.40. The van der Waals surface area contributed by atoms with Crippen molar-refractivity contribution in [1.82, 2.24) is 25.5 Å². The van der Waals surface area contributed by atoms with Gasteiger partial charge in [-0.15, -0.1) is 15.0 Å². The lowest BCUT2D eigenvalue weighted by Gasteiger charge is -2.13. The smallest absolute Gasteiger partial charge is 0.405 e. The molecule has 0 saturated heterocycles. The molecule has 1 aromatic carbocycles. The highest BCUT2D eigenvalue weighted by Crippen LogP contribution is 2.18. The highest BCUT2D eigenvalue weighted by Gasteiger charge is 2.21. The number of amides is 1. The topological polar surface area (TPSA) is 125 Å². The Morgan fingerprint density at radius 1 is 1.48 bits per heavy atom. The van der Waals surface area contributed by atoms with Crippen molar-refractivity contribution in [3.05, 3.63) is 35.7 Å². The van der Waals surface area contributed by atoms with E-state index in [2.05, 4.69) is 20.7 Å². The minimum atomic E-state index is -1.18. The van der Waals surface area contributed by atoms with Crippen LogP contribution in [0.4, 0.5) is 4.79 Å². The summed E-state index contributed by atoms with van der Waals surface area (Å²) in [6, 6.07) is 6.59.